The van der Waals surface area contributed by atoms with E-state index >= 15 is 0 Å². The quantitative estimate of drug-likeness (QED) is 0.362. The highest BCUT2D eigenvalue weighted by molar-refractivity contribution is 5.97. The molecule has 0 bridgehead atoms. The van der Waals surface area contributed by atoms with Crippen molar-refractivity contribution in [3.63, 3.8) is 0 Å². The van der Waals surface area contributed by atoms with Crippen LogP contribution in [0, 0.1) is 0 Å². The number of phenols is 1. The predicted molar refractivity (Wildman–Crippen MR) is 118 cm³/mol. The average Bonchev–Trinajstić information content (AvgIpc) is 2.82. The summed E-state index contributed by atoms with van der Waals surface area (Å²) in [6.45, 7) is 0.278. The van der Waals surface area contributed by atoms with Crippen LogP contribution in [0.25, 0.3) is 11.3 Å². The number of phenolic OH excluding ortho intramolecular Hbond substituents is 1. The van der Waals surface area contributed by atoms with Crippen LogP contribution < -0.4 is 16.4 Å². The van der Waals surface area contributed by atoms with Crippen molar-refractivity contribution in [1.82, 2.24) is 20.6 Å². The molecule has 10 nitrogen and oxygen atoms in total. The molecule has 3 rings (SSSR count). The summed E-state index contributed by atoms with van der Waals surface area (Å²) in [4.78, 5) is 41.5. The number of halogens is 3. The third-order valence-electron chi connectivity index (χ3n) is 4.27. The van der Waals surface area contributed by atoms with Crippen LogP contribution in [-0.4, -0.2) is 51.2 Å². The van der Waals surface area contributed by atoms with E-state index in [1.165, 1.54) is 13.2 Å². The van der Waals surface area contributed by atoms with Gasteiger partial charge in [-0.1, -0.05) is 24.3 Å². The molecule has 0 unspecified atom stereocenters. The zero-order chi connectivity index (χ0) is 26.2. The maximum Gasteiger partial charge on any atom is 0.490 e. The lowest BCUT2D eigenvalue weighted by molar-refractivity contribution is -0.192. The molecule has 0 saturated heterocycles. The number of rotatable bonds is 5. The average molecular weight is 491 g/mol. The number of hydrogen-bond acceptors (Lipinski definition) is 7. The summed E-state index contributed by atoms with van der Waals surface area (Å²) in [7, 11) is 1.48. The number of amides is 2. The molecule has 13 heteroatoms. The number of nitrogens with zero attached hydrogens (tertiary/aromatic N) is 2. The van der Waals surface area contributed by atoms with Crippen molar-refractivity contribution in [1.29, 1.82) is 0 Å². The number of aromatic nitrogens is 2. The molecule has 1 heterocycles. The van der Waals surface area contributed by atoms with Gasteiger partial charge in [-0.25, -0.2) is 14.8 Å². The Hall–Kier alpha value is -4.68. The third-order valence-corrected chi connectivity index (χ3v) is 4.27. The van der Waals surface area contributed by atoms with Gasteiger partial charge in [0.15, 0.2) is 11.5 Å². The van der Waals surface area contributed by atoms with E-state index in [0.717, 1.165) is 5.56 Å². The van der Waals surface area contributed by atoms with Crippen molar-refractivity contribution in [3.8, 4) is 17.0 Å². The number of carbonyl (C=O) groups is 3. The second-order valence-electron chi connectivity index (χ2n) is 6.80. The Labute approximate surface area is 196 Å². The normalized spacial score (nSPS) is 10.5. The first-order valence-electron chi connectivity index (χ1n) is 9.73. The van der Waals surface area contributed by atoms with E-state index < -0.39 is 18.1 Å². The van der Waals surface area contributed by atoms with Crippen LogP contribution in [0.2, 0.25) is 0 Å². The minimum atomic E-state index is -5.08. The highest BCUT2D eigenvalue weighted by atomic mass is 19.4. The molecule has 0 aliphatic heterocycles. The van der Waals surface area contributed by atoms with Gasteiger partial charge in [-0.3, -0.25) is 9.59 Å². The number of carboxylic acids is 1. The van der Waals surface area contributed by atoms with E-state index in [1.807, 2.05) is 0 Å². The third kappa shape index (κ3) is 7.70. The van der Waals surface area contributed by atoms with Crippen LogP contribution in [0.5, 0.6) is 5.75 Å². The summed E-state index contributed by atoms with van der Waals surface area (Å²) in [6.07, 6.45) is -3.63. The van der Waals surface area contributed by atoms with Gasteiger partial charge in [-0.15, -0.1) is 0 Å². The molecule has 0 fully saturated rings. The van der Waals surface area contributed by atoms with Crippen LogP contribution in [0.4, 0.5) is 19.0 Å². The number of alkyl halides is 3. The summed E-state index contributed by atoms with van der Waals surface area (Å²) in [5.41, 5.74) is 8.00. The van der Waals surface area contributed by atoms with Crippen molar-refractivity contribution in [3.05, 3.63) is 71.5 Å². The number of aromatic hydroxyl groups is 1. The molecule has 0 radical (unpaired) electrons. The molecule has 184 valence electrons. The number of nitrogen functional groups attached to an aromatic ring is 1. The van der Waals surface area contributed by atoms with E-state index in [-0.39, 0.29) is 29.7 Å². The second-order valence-corrected chi connectivity index (χ2v) is 6.80. The molecular weight excluding hydrogens is 471 g/mol. The summed E-state index contributed by atoms with van der Waals surface area (Å²) in [5, 5.41) is 21.9. The van der Waals surface area contributed by atoms with Crippen LogP contribution in [0.1, 0.15) is 26.4 Å². The molecule has 1 aromatic heterocycles. The Balaban J connectivity index is 0.000000540. The van der Waals surface area contributed by atoms with Crippen molar-refractivity contribution < 1.29 is 37.8 Å². The zero-order valence-electron chi connectivity index (χ0n) is 18.1. The molecule has 0 atom stereocenters. The lowest BCUT2D eigenvalue weighted by Gasteiger charge is -2.09. The molecular formula is C22H20F3N5O5. The van der Waals surface area contributed by atoms with Crippen LogP contribution in [0.15, 0.2) is 54.7 Å². The van der Waals surface area contributed by atoms with E-state index in [9.17, 15) is 27.9 Å². The molecule has 3 aromatic rings. The van der Waals surface area contributed by atoms with Gasteiger partial charge in [0.1, 0.15) is 5.75 Å². The SMILES string of the molecule is CNC(=O)c1nc(-c2cccc(C(=O)NCc3cccc(O)c3)c2)cnc1N.O=C(O)C(F)(F)F. The highest BCUT2D eigenvalue weighted by Gasteiger charge is 2.38. The van der Waals surface area contributed by atoms with Crippen molar-refractivity contribution in [2.75, 3.05) is 12.8 Å². The molecule has 2 aromatic carbocycles. The number of hydrogen-bond donors (Lipinski definition) is 5. The minimum absolute atomic E-state index is 0.0266. The van der Waals surface area contributed by atoms with Gasteiger partial charge < -0.3 is 26.6 Å². The molecule has 2 amide bonds. The van der Waals surface area contributed by atoms with Gasteiger partial charge >= 0.3 is 12.1 Å². The Morgan fingerprint density at radius 1 is 1.06 bits per heavy atom. The molecule has 0 saturated carbocycles. The number of nitrogens with two attached hydrogens (primary N) is 1. The molecule has 35 heavy (non-hydrogen) atoms. The largest absolute Gasteiger partial charge is 0.508 e. The number of benzene rings is 2. The number of carbonyl (C=O) groups excluding carboxylic acids is 2. The fraction of sp³-hybridized carbons (Fsp3) is 0.136. The fourth-order valence-electron chi connectivity index (χ4n) is 2.59. The number of anilines is 1. The topological polar surface area (TPSA) is 168 Å². The Morgan fingerprint density at radius 2 is 1.71 bits per heavy atom. The molecule has 0 aliphatic carbocycles. The highest BCUT2D eigenvalue weighted by Crippen LogP contribution is 2.20. The number of nitrogens with one attached hydrogen (secondary N) is 2. The van der Waals surface area contributed by atoms with Crippen molar-refractivity contribution >= 4 is 23.6 Å². The van der Waals surface area contributed by atoms with Gasteiger partial charge in [0.25, 0.3) is 11.8 Å². The second kappa shape index (κ2) is 11.4. The first-order valence-corrected chi connectivity index (χ1v) is 9.73. The smallest absolute Gasteiger partial charge is 0.490 e. The maximum atomic E-state index is 12.5. The van der Waals surface area contributed by atoms with Gasteiger partial charge in [-0.05, 0) is 29.8 Å². The maximum absolute atomic E-state index is 12.5. The van der Waals surface area contributed by atoms with Crippen LogP contribution in [-0.2, 0) is 11.3 Å². The van der Waals surface area contributed by atoms with Gasteiger partial charge in [0.2, 0.25) is 0 Å². The van der Waals surface area contributed by atoms with Crippen LogP contribution in [0.3, 0.4) is 0 Å². The Bertz CT molecular complexity index is 1230. The van der Waals surface area contributed by atoms with Gasteiger partial charge in [0.05, 0.1) is 11.9 Å². The van der Waals surface area contributed by atoms with Gasteiger partial charge in [0, 0.05) is 24.7 Å². The number of carboxylic acid groups (broad SMARTS) is 1. The zero-order valence-corrected chi connectivity index (χ0v) is 18.1. The monoisotopic (exact) mass is 491 g/mol. The van der Waals surface area contributed by atoms with E-state index in [4.69, 9.17) is 15.6 Å². The van der Waals surface area contributed by atoms with E-state index in [0.29, 0.717) is 16.8 Å². The van der Waals surface area contributed by atoms with Crippen molar-refractivity contribution in [2.45, 2.75) is 12.7 Å². The standard InChI is InChI=1S/C20H19N5O3.C2HF3O2/c1-22-20(28)17-18(21)23-11-16(25-17)13-5-3-6-14(9-13)19(27)24-10-12-4-2-7-15(26)8-12;3-2(4,5)1(6)7/h2-9,11,26H,10H2,1H3,(H2,21,23)(H,22,28)(H,24,27);(H,6,7). The number of aliphatic carboxylic acids is 1. The lowest BCUT2D eigenvalue weighted by Crippen LogP contribution is -2.23. The fourth-order valence-corrected chi connectivity index (χ4v) is 2.59. The first kappa shape index (κ1) is 26.6. The van der Waals surface area contributed by atoms with E-state index in [1.54, 1.807) is 48.5 Å². The molecule has 0 aliphatic rings. The predicted octanol–water partition coefficient (Wildman–Crippen LogP) is 2.35. The minimum Gasteiger partial charge on any atom is -0.508 e. The lowest BCUT2D eigenvalue weighted by atomic mass is 10.1. The van der Waals surface area contributed by atoms with E-state index in [2.05, 4.69) is 20.6 Å². The van der Waals surface area contributed by atoms with Crippen molar-refractivity contribution in [2.24, 2.45) is 0 Å². The summed E-state index contributed by atoms with van der Waals surface area (Å²) < 4.78 is 31.7. The Kier molecular flexibility index (Phi) is 8.69. The summed E-state index contributed by atoms with van der Waals surface area (Å²) >= 11 is 0. The molecule has 0 spiro atoms. The summed E-state index contributed by atoms with van der Waals surface area (Å²) in [5.74, 6) is -3.30. The summed E-state index contributed by atoms with van der Waals surface area (Å²) in [6, 6.07) is 13.5. The molecule has 6 N–H and O–H groups in total. The van der Waals surface area contributed by atoms with Gasteiger partial charge in [-0.2, -0.15) is 13.2 Å². The first-order chi connectivity index (χ1) is 16.4. The Morgan fingerprint density at radius 3 is 2.31 bits per heavy atom. The van der Waals surface area contributed by atoms with Crippen LogP contribution >= 0.6 is 0 Å².